The predicted molar refractivity (Wildman–Crippen MR) is 91.4 cm³/mol. The van der Waals surface area contributed by atoms with Crippen molar-refractivity contribution in [3.63, 3.8) is 0 Å². The number of hydrogen-bond donors (Lipinski definition) is 1. The van der Waals surface area contributed by atoms with E-state index in [1.165, 1.54) is 4.90 Å². The third-order valence-corrected chi connectivity index (χ3v) is 6.11. The highest BCUT2D eigenvalue weighted by Crippen LogP contribution is 2.41. The molecule has 0 aromatic heterocycles. The lowest BCUT2D eigenvalue weighted by Gasteiger charge is -2.49. The fraction of sp³-hybridized carbons (Fsp3) is 0.583. The van der Waals surface area contributed by atoms with Gasteiger partial charge in [-0.15, -0.1) is 11.8 Å². The maximum atomic E-state index is 12.4. The molecule has 0 aliphatic carbocycles. The Labute approximate surface area is 142 Å². The number of thioether (sulfide) groups is 1. The van der Waals surface area contributed by atoms with Crippen LogP contribution in [-0.2, 0) is 18.8 Å². The molecular formula is C12H17IN2O4SSi. The van der Waals surface area contributed by atoms with Crippen molar-refractivity contribution < 1.29 is 18.8 Å². The van der Waals surface area contributed by atoms with Gasteiger partial charge in [0.15, 0.2) is 0 Å². The van der Waals surface area contributed by atoms with E-state index in [9.17, 15) is 14.4 Å². The van der Waals surface area contributed by atoms with Gasteiger partial charge in [-0.3, -0.25) is 14.5 Å². The van der Waals surface area contributed by atoms with Crippen LogP contribution in [0.2, 0.25) is 19.6 Å². The molecule has 2 rings (SSSR count). The molecule has 0 saturated carbocycles. The summed E-state index contributed by atoms with van der Waals surface area (Å²) in [6.45, 7) is 5.79. The minimum absolute atomic E-state index is 0.210. The van der Waals surface area contributed by atoms with Crippen molar-refractivity contribution in [1.82, 2.24) is 10.2 Å². The minimum atomic E-state index is -2.03. The van der Waals surface area contributed by atoms with Crippen LogP contribution in [0.5, 0.6) is 0 Å². The number of fused-ring (bicyclic) bond motifs is 1. The lowest BCUT2D eigenvalue weighted by Crippen LogP contribution is -2.69. The third-order valence-electron chi connectivity index (χ3n) is 3.05. The first kappa shape index (κ1) is 16.8. The zero-order valence-corrected chi connectivity index (χ0v) is 16.0. The number of alkyl halides is 1. The second kappa shape index (κ2) is 6.29. The number of nitrogens with one attached hydrogen (secondary N) is 1. The Balaban J connectivity index is 2.27. The van der Waals surface area contributed by atoms with Crippen molar-refractivity contribution in [1.29, 1.82) is 0 Å². The number of rotatable bonds is 5. The van der Waals surface area contributed by atoms with Gasteiger partial charge in [-0.1, -0.05) is 22.6 Å². The van der Waals surface area contributed by atoms with E-state index in [0.29, 0.717) is 22.3 Å². The van der Waals surface area contributed by atoms with E-state index >= 15 is 0 Å². The molecule has 2 atom stereocenters. The topological polar surface area (TPSA) is 75.7 Å². The van der Waals surface area contributed by atoms with Crippen molar-refractivity contribution >= 4 is 61.0 Å². The molecule has 9 heteroatoms. The van der Waals surface area contributed by atoms with Gasteiger partial charge in [0.25, 0.3) is 5.91 Å². The molecule has 0 radical (unpaired) electrons. The largest absolute Gasteiger partial charge is 0.515 e. The Bertz CT molecular complexity index is 520. The smallest absolute Gasteiger partial charge is 0.341 e. The number of carbonyl (C=O) groups is 3. The van der Waals surface area contributed by atoms with Crippen molar-refractivity contribution in [2.45, 2.75) is 31.1 Å². The molecule has 0 aromatic carbocycles. The second-order valence-electron chi connectivity index (χ2n) is 5.76. The quantitative estimate of drug-likeness (QED) is 0.228. The van der Waals surface area contributed by atoms with Gasteiger partial charge in [0.2, 0.25) is 14.7 Å². The number of halogens is 1. The number of hydrogen-bond acceptors (Lipinski definition) is 5. The molecule has 1 unspecified atom stereocenters. The van der Waals surface area contributed by atoms with Crippen LogP contribution in [-0.4, -0.2) is 53.1 Å². The Hall–Kier alpha value is -0.553. The number of carbonyl (C=O) groups excluding carboxylic acids is 3. The standard InChI is InChI=1S/C12H17IN2O4SSi/c1-21(2,3)19-12(18)9-7(4-13)5-20-11-8(14-6-16)10(17)15(9)11/h6,8,11H,4-5H2,1-3H3,(H,14,16)/t8?,11-/m1/s1. The molecule has 2 aliphatic heterocycles. The summed E-state index contributed by atoms with van der Waals surface area (Å²) in [6, 6.07) is -0.544. The minimum Gasteiger partial charge on any atom is -0.515 e. The Morgan fingerprint density at radius 1 is 1.57 bits per heavy atom. The third kappa shape index (κ3) is 3.29. The number of amides is 2. The van der Waals surface area contributed by atoms with Gasteiger partial charge in [0.05, 0.1) is 0 Å². The summed E-state index contributed by atoms with van der Waals surface area (Å²) in [4.78, 5) is 36.7. The summed E-state index contributed by atoms with van der Waals surface area (Å²) in [6.07, 6.45) is 0.526. The van der Waals surface area contributed by atoms with E-state index in [4.69, 9.17) is 4.43 Å². The van der Waals surface area contributed by atoms with Crippen LogP contribution in [0.3, 0.4) is 0 Å². The van der Waals surface area contributed by atoms with Crippen LogP contribution in [0.25, 0.3) is 0 Å². The second-order valence-corrected chi connectivity index (χ2v) is 12.1. The van der Waals surface area contributed by atoms with Crippen LogP contribution >= 0.6 is 34.4 Å². The number of nitrogens with zero attached hydrogens (tertiary/aromatic N) is 1. The van der Waals surface area contributed by atoms with Crippen molar-refractivity contribution in [3.8, 4) is 0 Å². The van der Waals surface area contributed by atoms with Gasteiger partial charge in [0.1, 0.15) is 17.1 Å². The van der Waals surface area contributed by atoms with Gasteiger partial charge in [0, 0.05) is 10.2 Å². The van der Waals surface area contributed by atoms with Gasteiger partial charge >= 0.3 is 5.97 Å². The average Bonchev–Trinajstić information content (AvgIpc) is 2.40. The molecule has 2 heterocycles. The van der Waals surface area contributed by atoms with Crippen molar-refractivity contribution in [3.05, 3.63) is 11.3 Å². The molecule has 1 N–H and O–H groups in total. The first-order valence-electron chi connectivity index (χ1n) is 6.46. The molecule has 0 bridgehead atoms. The molecule has 0 spiro atoms. The Morgan fingerprint density at radius 2 is 2.24 bits per heavy atom. The summed E-state index contributed by atoms with van der Waals surface area (Å²) in [5, 5.41) is 2.30. The average molecular weight is 440 g/mol. The van der Waals surface area contributed by atoms with Crippen LogP contribution < -0.4 is 5.32 Å². The zero-order chi connectivity index (χ0) is 15.8. The highest BCUT2D eigenvalue weighted by molar-refractivity contribution is 14.1. The maximum absolute atomic E-state index is 12.4. The van der Waals surface area contributed by atoms with Crippen molar-refractivity contribution in [2.24, 2.45) is 0 Å². The Kier molecular flexibility index (Phi) is 5.03. The molecule has 1 fully saturated rings. The fourth-order valence-electron chi connectivity index (χ4n) is 2.19. The highest BCUT2D eigenvalue weighted by Gasteiger charge is 2.53. The lowest BCUT2D eigenvalue weighted by atomic mass is 10.0. The van der Waals surface area contributed by atoms with Crippen LogP contribution in [0.4, 0.5) is 0 Å². The molecule has 0 aromatic rings. The predicted octanol–water partition coefficient (Wildman–Crippen LogP) is 1.08. The van der Waals surface area contributed by atoms with Gasteiger partial charge in [-0.2, -0.15) is 0 Å². The molecule has 2 aliphatic rings. The number of β-lactam (4-membered cyclic amide) rings is 1. The molecule has 6 nitrogen and oxygen atoms in total. The van der Waals surface area contributed by atoms with E-state index < -0.39 is 20.3 Å². The van der Waals surface area contributed by atoms with E-state index in [-0.39, 0.29) is 11.3 Å². The zero-order valence-electron chi connectivity index (χ0n) is 12.0. The van der Waals surface area contributed by atoms with Crippen LogP contribution in [0, 0.1) is 0 Å². The summed E-state index contributed by atoms with van der Waals surface area (Å²) in [5.74, 6) is 0.0121. The monoisotopic (exact) mass is 440 g/mol. The molecule has 116 valence electrons. The van der Waals surface area contributed by atoms with Crippen LogP contribution in [0.1, 0.15) is 0 Å². The molecular weight excluding hydrogens is 423 g/mol. The van der Waals surface area contributed by atoms with E-state index in [1.807, 2.05) is 19.6 Å². The van der Waals surface area contributed by atoms with E-state index in [1.54, 1.807) is 11.8 Å². The van der Waals surface area contributed by atoms with Gasteiger partial charge in [-0.05, 0) is 25.2 Å². The normalized spacial score (nSPS) is 25.1. The first-order valence-corrected chi connectivity index (χ1v) is 12.4. The van der Waals surface area contributed by atoms with E-state index in [0.717, 1.165) is 5.57 Å². The fourth-order valence-corrected chi connectivity index (χ4v) is 5.20. The Morgan fingerprint density at radius 3 is 2.76 bits per heavy atom. The molecule has 21 heavy (non-hydrogen) atoms. The summed E-state index contributed by atoms with van der Waals surface area (Å²) in [7, 11) is -2.03. The summed E-state index contributed by atoms with van der Waals surface area (Å²) < 4.78 is 6.22. The summed E-state index contributed by atoms with van der Waals surface area (Å²) >= 11 is 3.75. The lowest BCUT2D eigenvalue weighted by molar-refractivity contribution is -0.149. The summed E-state index contributed by atoms with van der Waals surface area (Å²) in [5.41, 5.74) is 1.29. The highest BCUT2D eigenvalue weighted by atomic mass is 127. The van der Waals surface area contributed by atoms with Gasteiger partial charge in [-0.25, -0.2) is 4.79 Å². The van der Waals surface area contributed by atoms with Crippen molar-refractivity contribution in [2.75, 3.05) is 10.2 Å². The first-order chi connectivity index (χ1) is 9.80. The molecule has 2 amide bonds. The van der Waals surface area contributed by atoms with E-state index in [2.05, 4.69) is 27.9 Å². The van der Waals surface area contributed by atoms with Crippen LogP contribution in [0.15, 0.2) is 11.3 Å². The SMILES string of the molecule is C[Si](C)(C)OC(=O)C1=C(CI)CS[C@@H]2C(NC=O)C(=O)N12. The molecule has 1 saturated heterocycles. The maximum Gasteiger partial charge on any atom is 0.341 e. The van der Waals surface area contributed by atoms with Gasteiger partial charge < -0.3 is 9.74 Å².